The molecule has 170 valence electrons. The Kier molecular flexibility index (Phi) is 8.29. The number of carbonyl (C=O) groups is 3. The fourth-order valence-corrected chi connectivity index (χ4v) is 3.05. The predicted octanol–water partition coefficient (Wildman–Crippen LogP) is 5.71. The summed E-state index contributed by atoms with van der Waals surface area (Å²) >= 11 is 11.8. The van der Waals surface area contributed by atoms with Gasteiger partial charge in [-0.3, -0.25) is 9.59 Å². The molecule has 3 aromatic rings. The number of anilines is 1. The number of rotatable bonds is 7. The number of benzene rings is 3. The Morgan fingerprint density at radius 2 is 1.48 bits per heavy atom. The number of halogens is 2. The van der Waals surface area contributed by atoms with Crippen LogP contribution in [-0.2, 0) is 11.3 Å². The molecule has 0 atom stereocenters. The largest absolute Gasteiger partial charge is 0.513 e. The number of nitrogens with one attached hydrogen (secondary N) is 2. The van der Waals surface area contributed by atoms with Gasteiger partial charge in [0.15, 0.2) is 0 Å². The molecule has 0 unspecified atom stereocenters. The van der Waals surface area contributed by atoms with Crippen molar-refractivity contribution >= 4 is 46.9 Å². The summed E-state index contributed by atoms with van der Waals surface area (Å²) in [4.78, 5) is 36.0. The van der Waals surface area contributed by atoms with E-state index in [1.165, 1.54) is 18.2 Å². The second kappa shape index (κ2) is 11.4. The van der Waals surface area contributed by atoms with Crippen LogP contribution in [0.4, 0.5) is 10.5 Å². The molecule has 0 spiro atoms. The third-order valence-electron chi connectivity index (χ3n) is 4.43. The first kappa shape index (κ1) is 24.1. The van der Waals surface area contributed by atoms with E-state index in [9.17, 15) is 14.4 Å². The first-order valence-corrected chi connectivity index (χ1v) is 10.7. The summed E-state index contributed by atoms with van der Waals surface area (Å²) in [7, 11) is 0. The van der Waals surface area contributed by atoms with E-state index in [1.54, 1.807) is 55.5 Å². The lowest BCUT2D eigenvalue weighted by atomic mass is 10.1. The second-order valence-corrected chi connectivity index (χ2v) is 7.59. The highest BCUT2D eigenvalue weighted by molar-refractivity contribution is 6.42. The van der Waals surface area contributed by atoms with Crippen molar-refractivity contribution in [2.24, 2.45) is 0 Å². The summed E-state index contributed by atoms with van der Waals surface area (Å²) in [5.41, 5.74) is 2.24. The minimum atomic E-state index is -0.800. The summed E-state index contributed by atoms with van der Waals surface area (Å²) < 4.78 is 9.66. The Morgan fingerprint density at radius 3 is 2.12 bits per heavy atom. The summed E-state index contributed by atoms with van der Waals surface area (Å²) in [6, 6.07) is 17.8. The highest BCUT2D eigenvalue weighted by Gasteiger charge is 2.10. The van der Waals surface area contributed by atoms with Crippen LogP contribution in [0.25, 0.3) is 0 Å². The van der Waals surface area contributed by atoms with Gasteiger partial charge in [0.05, 0.1) is 16.7 Å². The van der Waals surface area contributed by atoms with Crippen molar-refractivity contribution in [2.45, 2.75) is 13.5 Å². The first-order chi connectivity index (χ1) is 15.9. The van der Waals surface area contributed by atoms with Crippen molar-refractivity contribution in [3.63, 3.8) is 0 Å². The first-order valence-electron chi connectivity index (χ1n) is 9.94. The molecule has 9 heteroatoms. The summed E-state index contributed by atoms with van der Waals surface area (Å²) in [5, 5.41) is 6.26. The van der Waals surface area contributed by atoms with E-state index in [1.807, 2.05) is 0 Å². The van der Waals surface area contributed by atoms with Gasteiger partial charge >= 0.3 is 6.16 Å². The van der Waals surface area contributed by atoms with Crippen molar-refractivity contribution in [2.75, 3.05) is 11.9 Å². The molecular formula is C24H20Cl2N2O5. The topological polar surface area (TPSA) is 93.7 Å². The molecule has 0 saturated carbocycles. The molecule has 7 nitrogen and oxygen atoms in total. The van der Waals surface area contributed by atoms with Crippen LogP contribution in [0.1, 0.15) is 33.2 Å². The van der Waals surface area contributed by atoms with E-state index < -0.39 is 6.16 Å². The van der Waals surface area contributed by atoms with E-state index >= 15 is 0 Å². The molecule has 3 rings (SSSR count). The highest BCUT2D eigenvalue weighted by atomic mass is 35.5. The van der Waals surface area contributed by atoms with Gasteiger partial charge < -0.3 is 20.1 Å². The van der Waals surface area contributed by atoms with Crippen LogP contribution in [0.5, 0.6) is 5.75 Å². The van der Waals surface area contributed by atoms with Crippen LogP contribution >= 0.6 is 23.2 Å². The SMILES string of the molecule is CCOC(=O)Oc1ccc(C(=O)NCc2ccc(NC(=O)c3ccc(Cl)c(Cl)c3)cc2)cc1. The molecule has 0 fully saturated rings. The van der Waals surface area contributed by atoms with E-state index in [4.69, 9.17) is 32.7 Å². The van der Waals surface area contributed by atoms with Crippen LogP contribution in [0.15, 0.2) is 66.7 Å². The van der Waals surface area contributed by atoms with Gasteiger partial charge in [-0.1, -0.05) is 35.3 Å². The summed E-state index contributed by atoms with van der Waals surface area (Å²) in [6.45, 7) is 2.18. The maximum atomic E-state index is 12.4. The second-order valence-electron chi connectivity index (χ2n) is 6.77. The standard InChI is InChI=1S/C24H20Cl2N2O5/c1-2-32-24(31)33-19-10-5-16(6-11-19)22(29)27-14-15-3-8-18(9-4-15)28-23(30)17-7-12-20(25)21(26)13-17/h3-13H,2,14H2,1H3,(H,27,29)(H,28,30). The Hall–Kier alpha value is -3.55. The third-order valence-corrected chi connectivity index (χ3v) is 5.17. The molecular weight excluding hydrogens is 467 g/mol. The normalized spacial score (nSPS) is 10.3. The lowest BCUT2D eigenvalue weighted by Gasteiger charge is -2.09. The molecule has 2 N–H and O–H groups in total. The molecule has 0 bridgehead atoms. The van der Waals surface area contributed by atoms with Gasteiger partial charge in [0.25, 0.3) is 11.8 Å². The molecule has 2 amide bonds. The zero-order valence-electron chi connectivity index (χ0n) is 17.6. The highest BCUT2D eigenvalue weighted by Crippen LogP contribution is 2.23. The monoisotopic (exact) mass is 486 g/mol. The minimum Gasteiger partial charge on any atom is -0.434 e. The van der Waals surface area contributed by atoms with E-state index in [0.717, 1.165) is 5.56 Å². The van der Waals surface area contributed by atoms with E-state index in [2.05, 4.69) is 10.6 Å². The van der Waals surface area contributed by atoms with Gasteiger partial charge in [0.2, 0.25) is 0 Å². The van der Waals surface area contributed by atoms with E-state index in [-0.39, 0.29) is 24.2 Å². The van der Waals surface area contributed by atoms with Gasteiger partial charge in [-0.2, -0.15) is 0 Å². The Balaban J connectivity index is 1.51. The molecule has 0 aliphatic rings. The zero-order valence-corrected chi connectivity index (χ0v) is 19.1. The number of hydrogen-bond donors (Lipinski definition) is 2. The Morgan fingerprint density at radius 1 is 0.818 bits per heavy atom. The molecule has 33 heavy (non-hydrogen) atoms. The maximum Gasteiger partial charge on any atom is 0.513 e. The van der Waals surface area contributed by atoms with Crippen molar-refractivity contribution in [3.05, 3.63) is 93.5 Å². The predicted molar refractivity (Wildman–Crippen MR) is 126 cm³/mol. The Labute approximate surface area is 200 Å². The van der Waals surface area contributed by atoms with E-state index in [0.29, 0.717) is 33.4 Å². The van der Waals surface area contributed by atoms with Gasteiger partial charge in [-0.05, 0) is 67.1 Å². The van der Waals surface area contributed by atoms with Crippen LogP contribution in [0.2, 0.25) is 10.0 Å². The molecule has 0 heterocycles. The van der Waals surface area contributed by atoms with Crippen LogP contribution in [0.3, 0.4) is 0 Å². The summed E-state index contributed by atoms with van der Waals surface area (Å²) in [6.07, 6.45) is -0.800. The van der Waals surface area contributed by atoms with Crippen molar-refractivity contribution in [1.82, 2.24) is 5.32 Å². The molecule has 3 aromatic carbocycles. The van der Waals surface area contributed by atoms with Crippen molar-refractivity contribution in [1.29, 1.82) is 0 Å². The van der Waals surface area contributed by atoms with Gasteiger partial charge in [-0.25, -0.2) is 4.79 Å². The lowest BCUT2D eigenvalue weighted by molar-refractivity contribution is 0.0950. The van der Waals surface area contributed by atoms with Crippen molar-refractivity contribution in [3.8, 4) is 5.75 Å². The average Bonchev–Trinajstić information content (AvgIpc) is 2.80. The molecule has 0 saturated heterocycles. The molecule has 0 aromatic heterocycles. The molecule has 0 radical (unpaired) electrons. The molecule has 0 aliphatic heterocycles. The average molecular weight is 487 g/mol. The van der Waals surface area contributed by atoms with Crippen LogP contribution < -0.4 is 15.4 Å². The fraction of sp³-hybridized carbons (Fsp3) is 0.125. The van der Waals surface area contributed by atoms with Crippen molar-refractivity contribution < 1.29 is 23.9 Å². The fourth-order valence-electron chi connectivity index (χ4n) is 2.75. The quantitative estimate of drug-likeness (QED) is 0.329. The Bertz CT molecular complexity index is 1150. The smallest absolute Gasteiger partial charge is 0.434 e. The minimum absolute atomic E-state index is 0.212. The third kappa shape index (κ3) is 6.97. The van der Waals surface area contributed by atoms with Gasteiger partial charge in [0.1, 0.15) is 5.75 Å². The summed E-state index contributed by atoms with van der Waals surface area (Å²) in [5.74, 6) is -0.316. The number of amides is 2. The number of ether oxygens (including phenoxy) is 2. The van der Waals surface area contributed by atoms with Crippen LogP contribution in [0, 0.1) is 0 Å². The van der Waals surface area contributed by atoms with Gasteiger partial charge in [0, 0.05) is 23.4 Å². The van der Waals surface area contributed by atoms with Gasteiger partial charge in [-0.15, -0.1) is 0 Å². The van der Waals surface area contributed by atoms with Crippen LogP contribution in [-0.4, -0.2) is 24.6 Å². The lowest BCUT2D eigenvalue weighted by Crippen LogP contribution is -2.22. The zero-order chi connectivity index (χ0) is 23.8. The number of carbonyl (C=O) groups excluding carboxylic acids is 3. The molecule has 0 aliphatic carbocycles. The maximum absolute atomic E-state index is 12.4. The number of hydrogen-bond acceptors (Lipinski definition) is 5.